The van der Waals surface area contributed by atoms with Crippen molar-refractivity contribution in [3.8, 4) is 0 Å². The van der Waals surface area contributed by atoms with Crippen LogP contribution in [0.15, 0.2) is 18.2 Å². The van der Waals surface area contributed by atoms with E-state index in [-0.39, 0.29) is 6.61 Å². The minimum Gasteiger partial charge on any atom is -0.398 e. The van der Waals surface area contributed by atoms with Crippen molar-refractivity contribution in [3.05, 3.63) is 29.3 Å². The lowest BCUT2D eigenvalue weighted by molar-refractivity contribution is 0.112. The number of aliphatic hydroxyl groups excluding tert-OH is 1. The number of benzene rings is 1. The summed E-state index contributed by atoms with van der Waals surface area (Å²) in [7, 11) is 0. The molecule has 0 saturated heterocycles. The lowest BCUT2D eigenvalue weighted by atomic mass is 10.1. The summed E-state index contributed by atoms with van der Waals surface area (Å²) in [5.41, 5.74) is 6.90. The van der Waals surface area contributed by atoms with Crippen molar-refractivity contribution in [3.63, 3.8) is 0 Å². The van der Waals surface area contributed by atoms with Crippen LogP contribution in [0.1, 0.15) is 15.9 Å². The third-order valence-electron chi connectivity index (χ3n) is 1.53. The van der Waals surface area contributed by atoms with Crippen LogP contribution in [-0.4, -0.2) is 11.4 Å². The fraction of sp³-hybridized carbons (Fsp3) is 0.125. The first kappa shape index (κ1) is 7.75. The molecule has 0 saturated carbocycles. The molecule has 3 N–H and O–H groups in total. The molecule has 0 aliphatic heterocycles. The third-order valence-corrected chi connectivity index (χ3v) is 1.53. The van der Waals surface area contributed by atoms with Crippen molar-refractivity contribution in [2.24, 2.45) is 0 Å². The molecule has 1 aromatic rings. The van der Waals surface area contributed by atoms with Gasteiger partial charge in [-0.05, 0) is 6.07 Å². The highest BCUT2D eigenvalue weighted by Gasteiger charge is 2.02. The Bertz CT molecular complexity index is 271. The molecular weight excluding hydrogens is 142 g/mol. The number of anilines is 1. The number of rotatable bonds is 2. The number of hydrogen-bond acceptors (Lipinski definition) is 3. The number of aldehydes is 1. The first-order chi connectivity index (χ1) is 5.29. The van der Waals surface area contributed by atoms with Crippen LogP contribution in [0.2, 0.25) is 0 Å². The largest absolute Gasteiger partial charge is 0.398 e. The summed E-state index contributed by atoms with van der Waals surface area (Å²) in [6.45, 7) is -0.194. The van der Waals surface area contributed by atoms with Crippen LogP contribution in [0.25, 0.3) is 0 Å². The molecule has 0 aromatic heterocycles. The number of carbonyl (C=O) groups is 1. The molecule has 3 heteroatoms. The Morgan fingerprint density at radius 1 is 1.55 bits per heavy atom. The van der Waals surface area contributed by atoms with Gasteiger partial charge in [-0.1, -0.05) is 12.1 Å². The Morgan fingerprint density at radius 2 is 2.27 bits per heavy atom. The smallest absolute Gasteiger partial charge is 0.150 e. The minimum absolute atomic E-state index is 0.194. The van der Waals surface area contributed by atoms with Crippen molar-refractivity contribution in [1.82, 2.24) is 0 Å². The zero-order valence-electron chi connectivity index (χ0n) is 5.95. The molecule has 0 aliphatic rings. The number of hydrogen-bond donors (Lipinski definition) is 2. The second kappa shape index (κ2) is 3.16. The molecule has 1 rings (SSSR count). The van der Waals surface area contributed by atoms with Crippen LogP contribution in [0.5, 0.6) is 0 Å². The average molecular weight is 151 g/mol. The van der Waals surface area contributed by atoms with Gasteiger partial charge in [0.05, 0.1) is 6.61 Å². The number of nitrogen functional groups attached to an aromatic ring is 1. The highest BCUT2D eigenvalue weighted by atomic mass is 16.3. The van der Waals surface area contributed by atoms with E-state index in [1.807, 2.05) is 0 Å². The monoisotopic (exact) mass is 151 g/mol. The Hall–Kier alpha value is -1.35. The topological polar surface area (TPSA) is 63.3 Å². The quantitative estimate of drug-likeness (QED) is 0.480. The van der Waals surface area contributed by atoms with Gasteiger partial charge in [-0.25, -0.2) is 0 Å². The predicted molar refractivity (Wildman–Crippen MR) is 42.2 cm³/mol. The van der Waals surface area contributed by atoms with E-state index >= 15 is 0 Å². The van der Waals surface area contributed by atoms with Crippen molar-refractivity contribution in [1.29, 1.82) is 0 Å². The summed E-state index contributed by atoms with van der Waals surface area (Å²) in [5.74, 6) is 0. The Labute approximate surface area is 64.5 Å². The summed E-state index contributed by atoms with van der Waals surface area (Å²) in [6.07, 6.45) is 0.682. The van der Waals surface area contributed by atoms with Gasteiger partial charge in [0, 0.05) is 16.8 Å². The van der Waals surface area contributed by atoms with Crippen molar-refractivity contribution in [2.45, 2.75) is 6.61 Å². The van der Waals surface area contributed by atoms with E-state index in [0.29, 0.717) is 23.1 Å². The minimum atomic E-state index is -0.194. The maximum atomic E-state index is 10.4. The molecular formula is C8H9NO2. The zero-order valence-corrected chi connectivity index (χ0v) is 5.95. The molecule has 11 heavy (non-hydrogen) atoms. The van der Waals surface area contributed by atoms with Crippen LogP contribution in [-0.2, 0) is 6.61 Å². The highest BCUT2D eigenvalue weighted by molar-refractivity contribution is 5.80. The second-order valence-corrected chi connectivity index (χ2v) is 2.19. The van der Waals surface area contributed by atoms with Crippen LogP contribution in [0.4, 0.5) is 5.69 Å². The highest BCUT2D eigenvalue weighted by Crippen LogP contribution is 2.14. The molecule has 0 heterocycles. The second-order valence-electron chi connectivity index (χ2n) is 2.19. The summed E-state index contributed by atoms with van der Waals surface area (Å²) >= 11 is 0. The van der Waals surface area contributed by atoms with Crippen LogP contribution >= 0.6 is 0 Å². The summed E-state index contributed by atoms with van der Waals surface area (Å²) in [4.78, 5) is 10.4. The molecule has 3 nitrogen and oxygen atoms in total. The normalized spacial score (nSPS) is 9.55. The lowest BCUT2D eigenvalue weighted by Gasteiger charge is -2.03. The van der Waals surface area contributed by atoms with Gasteiger partial charge >= 0.3 is 0 Å². The molecule has 0 unspecified atom stereocenters. The van der Waals surface area contributed by atoms with E-state index < -0.39 is 0 Å². The van der Waals surface area contributed by atoms with E-state index in [9.17, 15) is 4.79 Å². The molecule has 0 radical (unpaired) electrons. The van der Waals surface area contributed by atoms with E-state index in [2.05, 4.69) is 0 Å². The molecule has 0 aliphatic carbocycles. The predicted octanol–water partition coefficient (Wildman–Crippen LogP) is 0.574. The van der Waals surface area contributed by atoms with Crippen LogP contribution in [0, 0.1) is 0 Å². The first-order valence-corrected chi connectivity index (χ1v) is 3.23. The summed E-state index contributed by atoms with van der Waals surface area (Å²) in [6, 6.07) is 4.95. The lowest BCUT2D eigenvalue weighted by Crippen LogP contribution is -1.98. The van der Waals surface area contributed by atoms with Gasteiger partial charge in [0.15, 0.2) is 0 Å². The number of nitrogens with two attached hydrogens (primary N) is 1. The van der Waals surface area contributed by atoms with Gasteiger partial charge < -0.3 is 10.8 Å². The van der Waals surface area contributed by atoms with Crippen molar-refractivity contribution in [2.75, 3.05) is 5.73 Å². The Balaban J connectivity index is 3.23. The maximum Gasteiger partial charge on any atom is 0.150 e. The van der Waals surface area contributed by atoms with Gasteiger partial charge in [-0.15, -0.1) is 0 Å². The van der Waals surface area contributed by atoms with E-state index in [4.69, 9.17) is 10.8 Å². The maximum absolute atomic E-state index is 10.4. The van der Waals surface area contributed by atoms with Gasteiger partial charge in [0.2, 0.25) is 0 Å². The average Bonchev–Trinajstić information content (AvgIpc) is 2.04. The van der Waals surface area contributed by atoms with Gasteiger partial charge in [-0.3, -0.25) is 4.79 Å². The van der Waals surface area contributed by atoms with E-state index in [1.165, 1.54) is 0 Å². The SMILES string of the molecule is Nc1cccc(C=O)c1CO. The molecule has 0 atom stereocenters. The van der Waals surface area contributed by atoms with Crippen LogP contribution < -0.4 is 5.73 Å². The zero-order chi connectivity index (χ0) is 8.27. The summed E-state index contributed by atoms with van der Waals surface area (Å²) in [5, 5.41) is 8.79. The summed E-state index contributed by atoms with van der Waals surface area (Å²) < 4.78 is 0. The van der Waals surface area contributed by atoms with Gasteiger partial charge in [0.1, 0.15) is 6.29 Å². The van der Waals surface area contributed by atoms with Crippen molar-refractivity contribution >= 4 is 12.0 Å². The molecule has 0 amide bonds. The van der Waals surface area contributed by atoms with Gasteiger partial charge in [-0.2, -0.15) is 0 Å². The molecule has 0 spiro atoms. The Kier molecular flexibility index (Phi) is 2.23. The van der Waals surface area contributed by atoms with Gasteiger partial charge in [0.25, 0.3) is 0 Å². The molecule has 0 bridgehead atoms. The molecule has 58 valence electrons. The first-order valence-electron chi connectivity index (χ1n) is 3.23. The van der Waals surface area contributed by atoms with E-state index in [0.717, 1.165) is 0 Å². The standard InChI is InChI=1S/C8H9NO2/c9-8-3-1-2-6(4-10)7(8)5-11/h1-4,11H,5,9H2. The fourth-order valence-corrected chi connectivity index (χ4v) is 0.916. The third kappa shape index (κ3) is 1.38. The number of carbonyl (C=O) groups excluding carboxylic acids is 1. The van der Waals surface area contributed by atoms with Crippen molar-refractivity contribution < 1.29 is 9.90 Å². The van der Waals surface area contributed by atoms with Crippen LogP contribution in [0.3, 0.4) is 0 Å². The number of aliphatic hydroxyl groups is 1. The molecule has 1 aromatic carbocycles. The molecule has 0 fully saturated rings. The fourth-order valence-electron chi connectivity index (χ4n) is 0.916. The Morgan fingerprint density at radius 3 is 2.73 bits per heavy atom. The van der Waals surface area contributed by atoms with E-state index in [1.54, 1.807) is 18.2 Å².